The van der Waals surface area contributed by atoms with E-state index in [2.05, 4.69) is 24.1 Å². The maximum atomic E-state index is 13.4. The minimum absolute atomic E-state index is 0.197. The summed E-state index contributed by atoms with van der Waals surface area (Å²) < 4.78 is 19.2. The number of carbonyl (C=O) groups is 1. The SMILES string of the molecule is CC1CN(Cc2ccccc2NC(=O)N(C)Cc2cccc(F)c2)CC(C)O1. The standard InChI is InChI=1S/C22H28FN3O2/c1-16-12-26(13-17(2)28-16)15-19-8-4-5-10-21(19)24-22(27)25(3)14-18-7-6-9-20(23)11-18/h4-11,16-17H,12-15H2,1-3H3,(H,24,27). The van der Waals surface area contributed by atoms with Gasteiger partial charge in [-0.25, -0.2) is 9.18 Å². The van der Waals surface area contributed by atoms with Gasteiger partial charge in [0.05, 0.1) is 12.2 Å². The summed E-state index contributed by atoms with van der Waals surface area (Å²) in [6.45, 7) is 6.99. The highest BCUT2D eigenvalue weighted by Gasteiger charge is 2.23. The predicted molar refractivity (Wildman–Crippen MR) is 109 cm³/mol. The Morgan fingerprint density at radius 3 is 2.61 bits per heavy atom. The Balaban J connectivity index is 1.64. The monoisotopic (exact) mass is 385 g/mol. The molecule has 0 saturated carbocycles. The van der Waals surface area contributed by atoms with Crippen molar-refractivity contribution in [1.29, 1.82) is 0 Å². The van der Waals surface area contributed by atoms with E-state index in [9.17, 15) is 9.18 Å². The van der Waals surface area contributed by atoms with Gasteiger partial charge in [0.1, 0.15) is 5.82 Å². The smallest absolute Gasteiger partial charge is 0.321 e. The fourth-order valence-corrected chi connectivity index (χ4v) is 3.63. The fraction of sp³-hybridized carbons (Fsp3) is 0.409. The van der Waals surface area contributed by atoms with E-state index >= 15 is 0 Å². The van der Waals surface area contributed by atoms with Crippen LogP contribution in [0.2, 0.25) is 0 Å². The van der Waals surface area contributed by atoms with Crippen molar-refractivity contribution < 1.29 is 13.9 Å². The highest BCUT2D eigenvalue weighted by molar-refractivity contribution is 5.90. The van der Waals surface area contributed by atoms with Crippen LogP contribution in [0.15, 0.2) is 48.5 Å². The quantitative estimate of drug-likeness (QED) is 0.843. The normalized spacial score (nSPS) is 20.0. The first-order chi connectivity index (χ1) is 13.4. The van der Waals surface area contributed by atoms with E-state index < -0.39 is 0 Å². The molecule has 150 valence electrons. The number of benzene rings is 2. The van der Waals surface area contributed by atoms with Gasteiger partial charge in [0, 0.05) is 38.9 Å². The van der Waals surface area contributed by atoms with Gasteiger partial charge in [0.2, 0.25) is 0 Å². The van der Waals surface area contributed by atoms with Gasteiger partial charge < -0.3 is 15.0 Å². The van der Waals surface area contributed by atoms with E-state index in [4.69, 9.17) is 4.74 Å². The van der Waals surface area contributed by atoms with Crippen molar-refractivity contribution in [2.24, 2.45) is 0 Å². The zero-order valence-corrected chi connectivity index (χ0v) is 16.7. The maximum Gasteiger partial charge on any atom is 0.321 e. The Bertz CT molecular complexity index is 804. The molecular weight excluding hydrogens is 357 g/mol. The Kier molecular flexibility index (Phi) is 6.65. The molecule has 1 aliphatic heterocycles. The Labute approximate surface area is 166 Å². The van der Waals surface area contributed by atoms with E-state index in [0.717, 1.165) is 36.4 Å². The highest BCUT2D eigenvalue weighted by Crippen LogP contribution is 2.21. The molecule has 0 bridgehead atoms. The van der Waals surface area contributed by atoms with E-state index in [0.29, 0.717) is 6.54 Å². The molecule has 2 aromatic carbocycles. The molecule has 1 N–H and O–H groups in total. The van der Waals surface area contributed by atoms with E-state index in [1.807, 2.05) is 30.3 Å². The zero-order chi connectivity index (χ0) is 20.1. The third-order valence-corrected chi connectivity index (χ3v) is 4.80. The van der Waals surface area contributed by atoms with Crippen LogP contribution >= 0.6 is 0 Å². The lowest BCUT2D eigenvalue weighted by Gasteiger charge is -2.35. The van der Waals surface area contributed by atoms with Crippen molar-refractivity contribution in [2.45, 2.75) is 39.1 Å². The molecule has 5 nitrogen and oxygen atoms in total. The molecule has 1 heterocycles. The van der Waals surface area contributed by atoms with Crippen molar-refractivity contribution in [2.75, 3.05) is 25.5 Å². The lowest BCUT2D eigenvalue weighted by Crippen LogP contribution is -2.45. The van der Waals surface area contributed by atoms with Gasteiger partial charge in [-0.2, -0.15) is 0 Å². The van der Waals surface area contributed by atoms with Crippen LogP contribution < -0.4 is 5.32 Å². The lowest BCUT2D eigenvalue weighted by molar-refractivity contribution is -0.0704. The summed E-state index contributed by atoms with van der Waals surface area (Å²) in [5.74, 6) is -0.300. The molecule has 2 aromatic rings. The van der Waals surface area contributed by atoms with Gasteiger partial charge in [-0.3, -0.25) is 4.90 Å². The summed E-state index contributed by atoms with van der Waals surface area (Å²) in [4.78, 5) is 16.5. The number of urea groups is 1. The molecule has 0 aromatic heterocycles. The Morgan fingerprint density at radius 1 is 1.18 bits per heavy atom. The number of para-hydroxylation sites is 1. The second-order valence-corrected chi connectivity index (χ2v) is 7.52. The number of ether oxygens (including phenoxy) is 1. The topological polar surface area (TPSA) is 44.8 Å². The van der Waals surface area contributed by atoms with Crippen LogP contribution in [0.1, 0.15) is 25.0 Å². The van der Waals surface area contributed by atoms with Gasteiger partial charge in [-0.15, -0.1) is 0 Å². The van der Waals surface area contributed by atoms with Crippen LogP contribution in [0.3, 0.4) is 0 Å². The van der Waals surface area contributed by atoms with Gasteiger partial charge in [-0.1, -0.05) is 30.3 Å². The van der Waals surface area contributed by atoms with Crippen molar-refractivity contribution in [1.82, 2.24) is 9.80 Å². The minimum Gasteiger partial charge on any atom is -0.373 e. The van der Waals surface area contributed by atoms with Crippen LogP contribution in [-0.4, -0.2) is 48.2 Å². The number of hydrogen-bond donors (Lipinski definition) is 1. The molecule has 28 heavy (non-hydrogen) atoms. The molecule has 0 radical (unpaired) electrons. The first kappa shape index (κ1) is 20.3. The number of nitrogens with one attached hydrogen (secondary N) is 1. The van der Waals surface area contributed by atoms with Gasteiger partial charge >= 0.3 is 6.03 Å². The number of anilines is 1. The molecule has 0 spiro atoms. The summed E-state index contributed by atoms with van der Waals surface area (Å²) >= 11 is 0. The number of hydrogen-bond acceptors (Lipinski definition) is 3. The third-order valence-electron chi connectivity index (χ3n) is 4.80. The van der Waals surface area contributed by atoms with Crippen molar-refractivity contribution >= 4 is 11.7 Å². The van der Waals surface area contributed by atoms with Gasteiger partial charge in [0.15, 0.2) is 0 Å². The molecule has 1 aliphatic rings. The second kappa shape index (κ2) is 9.17. The summed E-state index contributed by atoms with van der Waals surface area (Å²) in [5.41, 5.74) is 2.61. The molecule has 1 saturated heterocycles. The van der Waals surface area contributed by atoms with Gasteiger partial charge in [-0.05, 0) is 43.2 Å². The molecule has 0 aliphatic carbocycles. The molecule has 3 rings (SSSR count). The minimum atomic E-state index is -0.300. The van der Waals surface area contributed by atoms with Crippen molar-refractivity contribution in [3.05, 3.63) is 65.5 Å². The number of morpholine rings is 1. The molecule has 1 fully saturated rings. The van der Waals surface area contributed by atoms with Crippen molar-refractivity contribution in [3.63, 3.8) is 0 Å². The summed E-state index contributed by atoms with van der Waals surface area (Å²) in [6, 6.07) is 13.9. The number of amides is 2. The third kappa shape index (κ3) is 5.53. The van der Waals surface area contributed by atoms with Crippen molar-refractivity contribution in [3.8, 4) is 0 Å². The first-order valence-corrected chi connectivity index (χ1v) is 9.63. The van der Waals surface area contributed by atoms with Crippen LogP contribution in [0, 0.1) is 5.82 Å². The number of carbonyl (C=O) groups excluding carboxylic acids is 1. The lowest BCUT2D eigenvalue weighted by atomic mass is 10.1. The van der Waals surface area contributed by atoms with E-state index in [-0.39, 0.29) is 24.1 Å². The zero-order valence-electron chi connectivity index (χ0n) is 16.7. The van der Waals surface area contributed by atoms with E-state index in [1.54, 1.807) is 18.0 Å². The molecule has 2 amide bonds. The van der Waals surface area contributed by atoms with Crippen LogP contribution in [-0.2, 0) is 17.8 Å². The first-order valence-electron chi connectivity index (χ1n) is 9.63. The summed E-state index contributed by atoms with van der Waals surface area (Å²) in [5, 5.41) is 2.99. The van der Waals surface area contributed by atoms with Gasteiger partial charge in [0.25, 0.3) is 0 Å². The van der Waals surface area contributed by atoms with E-state index in [1.165, 1.54) is 12.1 Å². The molecule has 6 heteroatoms. The van der Waals surface area contributed by atoms with Crippen LogP contribution in [0.5, 0.6) is 0 Å². The second-order valence-electron chi connectivity index (χ2n) is 7.52. The van der Waals surface area contributed by atoms with Crippen LogP contribution in [0.4, 0.5) is 14.9 Å². The van der Waals surface area contributed by atoms with Crippen LogP contribution in [0.25, 0.3) is 0 Å². The highest BCUT2D eigenvalue weighted by atomic mass is 19.1. The number of halogens is 1. The summed E-state index contributed by atoms with van der Waals surface area (Å²) in [7, 11) is 1.70. The Morgan fingerprint density at radius 2 is 1.89 bits per heavy atom. The Hall–Kier alpha value is -2.44. The summed E-state index contributed by atoms with van der Waals surface area (Å²) in [6.07, 6.45) is 0.394. The predicted octanol–water partition coefficient (Wildman–Crippen LogP) is 4.10. The largest absolute Gasteiger partial charge is 0.373 e. The fourth-order valence-electron chi connectivity index (χ4n) is 3.63. The average molecular weight is 385 g/mol. The molecule has 2 atom stereocenters. The number of rotatable bonds is 5. The average Bonchev–Trinajstić information content (AvgIpc) is 2.62. The molecule has 2 unspecified atom stereocenters. The number of nitrogens with zero attached hydrogens (tertiary/aromatic N) is 2. The molecular formula is C22H28FN3O2. The maximum absolute atomic E-state index is 13.4.